The second-order valence-electron chi connectivity index (χ2n) is 6.62. The van der Waals surface area contributed by atoms with E-state index in [2.05, 4.69) is 5.32 Å². The van der Waals surface area contributed by atoms with Crippen molar-refractivity contribution in [2.45, 2.75) is 12.8 Å². The van der Waals surface area contributed by atoms with Crippen LogP contribution in [-0.2, 0) is 4.79 Å². The number of rotatable bonds is 8. The van der Waals surface area contributed by atoms with Crippen LogP contribution in [0.25, 0.3) is 6.08 Å². The molecule has 31 heavy (non-hydrogen) atoms. The van der Waals surface area contributed by atoms with Gasteiger partial charge < -0.3 is 20.0 Å². The summed E-state index contributed by atoms with van der Waals surface area (Å²) in [5.74, 6) is -0.766. The van der Waals surface area contributed by atoms with Gasteiger partial charge in [0, 0.05) is 18.7 Å². The van der Waals surface area contributed by atoms with E-state index in [0.29, 0.717) is 28.5 Å². The Hall–Kier alpha value is -3.17. The molecule has 0 aliphatic carbocycles. The van der Waals surface area contributed by atoms with E-state index in [9.17, 15) is 19.5 Å². The van der Waals surface area contributed by atoms with Crippen molar-refractivity contribution in [3.63, 3.8) is 0 Å². The van der Waals surface area contributed by atoms with Gasteiger partial charge in [0.15, 0.2) is 0 Å². The molecular formula is C22H19N2O5S2-. The standard InChI is InChI=1S/C22H20N2O5S2/c1-29-17-10-4-14(5-11-17)13-18-20(30)24(22(28)31-18)12-2-3-19(25)23-16-8-6-15(7-9-16)21(26)27/h4-11,13H,2-3,12H2,1H3,(H,23,25)(H,26,27)/p-1. The quantitative estimate of drug-likeness (QED) is 0.482. The maximum absolute atomic E-state index is 12.3. The first-order valence-corrected chi connectivity index (χ1v) is 10.6. The maximum atomic E-state index is 12.3. The molecule has 1 heterocycles. The van der Waals surface area contributed by atoms with Gasteiger partial charge in [0.25, 0.3) is 5.24 Å². The number of thiocarbonyl (C=S) groups is 1. The van der Waals surface area contributed by atoms with E-state index in [4.69, 9.17) is 17.0 Å². The van der Waals surface area contributed by atoms with E-state index < -0.39 is 5.97 Å². The Balaban J connectivity index is 1.51. The molecule has 7 nitrogen and oxygen atoms in total. The average molecular weight is 456 g/mol. The maximum Gasteiger partial charge on any atom is 0.291 e. The van der Waals surface area contributed by atoms with Crippen molar-refractivity contribution in [1.29, 1.82) is 0 Å². The molecular weight excluding hydrogens is 436 g/mol. The number of carboxylic acids is 1. The minimum Gasteiger partial charge on any atom is -0.545 e. The summed E-state index contributed by atoms with van der Waals surface area (Å²) in [4.78, 5) is 37.8. The minimum absolute atomic E-state index is 0.0371. The van der Waals surface area contributed by atoms with Gasteiger partial charge in [-0.1, -0.05) is 36.5 Å². The van der Waals surface area contributed by atoms with Gasteiger partial charge in [-0.2, -0.15) is 0 Å². The zero-order valence-corrected chi connectivity index (χ0v) is 18.3. The Morgan fingerprint density at radius 3 is 2.45 bits per heavy atom. The van der Waals surface area contributed by atoms with Crippen LogP contribution < -0.4 is 15.2 Å². The Morgan fingerprint density at radius 2 is 1.84 bits per heavy atom. The predicted octanol–water partition coefficient (Wildman–Crippen LogP) is 3.31. The van der Waals surface area contributed by atoms with E-state index in [0.717, 1.165) is 23.1 Å². The van der Waals surface area contributed by atoms with Crippen LogP contribution in [0.1, 0.15) is 28.8 Å². The lowest BCUT2D eigenvalue weighted by Crippen LogP contribution is -2.28. The largest absolute Gasteiger partial charge is 0.545 e. The molecule has 2 amide bonds. The normalized spacial score (nSPS) is 14.7. The van der Waals surface area contributed by atoms with Crippen LogP contribution in [-0.4, -0.2) is 40.7 Å². The molecule has 1 aliphatic rings. The van der Waals surface area contributed by atoms with Crippen molar-refractivity contribution in [2.24, 2.45) is 0 Å². The number of amides is 2. The highest BCUT2D eigenvalue weighted by molar-refractivity contribution is 8.19. The highest BCUT2D eigenvalue weighted by atomic mass is 32.2. The molecule has 2 aromatic rings. The SMILES string of the molecule is COc1ccc(C=C2SC(=O)N(CCCC(=O)Nc3ccc(C(=O)[O-])cc3)C2=S)cc1. The summed E-state index contributed by atoms with van der Waals surface area (Å²) in [5, 5.41) is 13.3. The first kappa shape index (κ1) is 22.5. The first-order valence-electron chi connectivity index (χ1n) is 9.38. The van der Waals surface area contributed by atoms with Crippen LogP contribution in [0.4, 0.5) is 10.5 Å². The number of anilines is 1. The van der Waals surface area contributed by atoms with Crippen LogP contribution in [0.3, 0.4) is 0 Å². The molecule has 0 bridgehead atoms. The molecule has 9 heteroatoms. The van der Waals surface area contributed by atoms with Crippen LogP contribution >= 0.6 is 24.0 Å². The molecule has 0 atom stereocenters. The van der Waals surface area contributed by atoms with Crippen molar-refractivity contribution < 1.29 is 24.2 Å². The molecule has 160 valence electrons. The Morgan fingerprint density at radius 1 is 1.16 bits per heavy atom. The molecule has 3 rings (SSSR count). The highest BCUT2D eigenvalue weighted by Gasteiger charge is 2.31. The number of methoxy groups -OCH3 is 1. The number of hydrogen-bond donors (Lipinski definition) is 1. The third-order valence-electron chi connectivity index (χ3n) is 4.48. The van der Waals surface area contributed by atoms with Crippen LogP contribution in [0.5, 0.6) is 5.75 Å². The van der Waals surface area contributed by atoms with Gasteiger partial charge in [-0.05, 0) is 59.7 Å². The van der Waals surface area contributed by atoms with Gasteiger partial charge in [-0.3, -0.25) is 14.5 Å². The average Bonchev–Trinajstić information content (AvgIpc) is 3.02. The van der Waals surface area contributed by atoms with Gasteiger partial charge in [-0.25, -0.2) is 0 Å². The fourth-order valence-corrected chi connectivity index (χ4v) is 4.14. The lowest BCUT2D eigenvalue weighted by atomic mass is 10.2. The summed E-state index contributed by atoms with van der Waals surface area (Å²) < 4.78 is 5.14. The van der Waals surface area contributed by atoms with Gasteiger partial charge in [0.05, 0.1) is 18.0 Å². The molecule has 0 unspecified atom stereocenters. The Kier molecular flexibility index (Phi) is 7.43. The zero-order chi connectivity index (χ0) is 22.4. The van der Waals surface area contributed by atoms with E-state index in [1.54, 1.807) is 7.11 Å². The van der Waals surface area contributed by atoms with Gasteiger partial charge >= 0.3 is 0 Å². The number of aromatic carboxylic acids is 1. The first-order chi connectivity index (χ1) is 14.9. The van der Waals surface area contributed by atoms with Crippen molar-refractivity contribution in [2.75, 3.05) is 19.0 Å². The number of ether oxygens (including phenoxy) is 1. The van der Waals surface area contributed by atoms with Crippen molar-refractivity contribution in [1.82, 2.24) is 4.90 Å². The zero-order valence-electron chi connectivity index (χ0n) is 16.6. The third kappa shape index (κ3) is 5.93. The van der Waals surface area contributed by atoms with Gasteiger partial charge in [0.2, 0.25) is 5.91 Å². The van der Waals surface area contributed by atoms with E-state index >= 15 is 0 Å². The number of carbonyl (C=O) groups excluding carboxylic acids is 3. The Bertz CT molecular complexity index is 1030. The molecule has 1 saturated heterocycles. The van der Waals surface area contributed by atoms with Gasteiger partial charge in [0.1, 0.15) is 10.7 Å². The molecule has 0 radical (unpaired) electrons. The van der Waals surface area contributed by atoms with Crippen LogP contribution in [0.15, 0.2) is 53.4 Å². The monoisotopic (exact) mass is 455 g/mol. The fourth-order valence-electron chi connectivity index (χ4n) is 2.86. The third-order valence-corrected chi connectivity index (χ3v) is 5.97. The highest BCUT2D eigenvalue weighted by Crippen LogP contribution is 2.33. The second kappa shape index (κ2) is 10.2. The molecule has 0 aromatic heterocycles. The summed E-state index contributed by atoms with van der Waals surface area (Å²) in [6.07, 6.45) is 2.48. The van der Waals surface area contributed by atoms with Crippen LogP contribution in [0.2, 0.25) is 0 Å². The summed E-state index contributed by atoms with van der Waals surface area (Å²) in [5.41, 5.74) is 1.43. The summed E-state index contributed by atoms with van der Waals surface area (Å²) in [6.45, 7) is 0.335. The molecule has 1 fully saturated rings. The number of benzene rings is 2. The summed E-state index contributed by atoms with van der Waals surface area (Å²) in [6, 6.07) is 13.1. The molecule has 0 spiro atoms. The fraction of sp³-hybridized carbons (Fsp3) is 0.182. The van der Waals surface area contributed by atoms with Crippen molar-refractivity contribution in [3.8, 4) is 5.75 Å². The smallest absolute Gasteiger partial charge is 0.291 e. The number of carboxylic acid groups (broad SMARTS) is 1. The summed E-state index contributed by atoms with van der Waals surface area (Å²) >= 11 is 6.52. The number of thioether (sulfide) groups is 1. The van der Waals surface area contributed by atoms with E-state index in [-0.39, 0.29) is 23.1 Å². The molecule has 1 N–H and O–H groups in total. The number of nitrogens with zero attached hydrogens (tertiary/aromatic N) is 1. The predicted molar refractivity (Wildman–Crippen MR) is 122 cm³/mol. The number of hydrogen-bond acceptors (Lipinski definition) is 7. The van der Waals surface area contributed by atoms with Crippen molar-refractivity contribution >= 4 is 57.8 Å². The van der Waals surface area contributed by atoms with Gasteiger partial charge in [-0.15, -0.1) is 0 Å². The number of carbonyl (C=O) groups is 3. The lowest BCUT2D eigenvalue weighted by Gasteiger charge is -2.14. The summed E-state index contributed by atoms with van der Waals surface area (Å²) in [7, 11) is 1.60. The molecule has 1 aliphatic heterocycles. The number of nitrogens with one attached hydrogen (secondary N) is 1. The molecule has 0 saturated carbocycles. The topological polar surface area (TPSA) is 98.8 Å². The second-order valence-corrected chi connectivity index (χ2v) is 8.00. The lowest BCUT2D eigenvalue weighted by molar-refractivity contribution is -0.255. The van der Waals surface area contributed by atoms with Crippen molar-refractivity contribution in [3.05, 3.63) is 64.6 Å². The Labute approximate surface area is 189 Å². The molecule has 2 aromatic carbocycles. The van der Waals surface area contributed by atoms with Crippen LogP contribution in [0, 0.1) is 0 Å². The van der Waals surface area contributed by atoms with E-state index in [1.165, 1.54) is 29.2 Å². The van der Waals surface area contributed by atoms with E-state index in [1.807, 2.05) is 30.3 Å². The minimum atomic E-state index is -1.28.